The molecule has 0 amide bonds. The van der Waals surface area contributed by atoms with Crippen molar-refractivity contribution in [2.45, 2.75) is 0 Å². The molecular weight excluding hydrogens is 238 g/mol. The van der Waals surface area contributed by atoms with Gasteiger partial charge in [0, 0.05) is 0 Å². The zero-order valence-corrected chi connectivity index (χ0v) is 9.03. The van der Waals surface area contributed by atoms with E-state index in [2.05, 4.69) is 4.74 Å². The molecule has 0 radical (unpaired) electrons. The van der Waals surface area contributed by atoms with Gasteiger partial charge in [0.05, 0.1) is 26.4 Å². The molecule has 11 heavy (non-hydrogen) atoms. The molecular formula is C4H14Cl4O3. The molecule has 0 rings (SSSR count). The molecule has 2 N–H and O–H groups in total. The van der Waals surface area contributed by atoms with Gasteiger partial charge in [0.2, 0.25) is 0 Å². The average molecular weight is 252 g/mol. The molecule has 0 aliphatic carbocycles. The van der Waals surface area contributed by atoms with Crippen LogP contribution in [0.5, 0.6) is 0 Å². The predicted molar refractivity (Wildman–Crippen MR) is 54.0 cm³/mol. The van der Waals surface area contributed by atoms with Crippen LogP contribution < -0.4 is 0 Å². The van der Waals surface area contributed by atoms with Crippen LogP contribution in [0.25, 0.3) is 0 Å². The molecule has 76 valence electrons. The van der Waals surface area contributed by atoms with Gasteiger partial charge < -0.3 is 14.9 Å². The van der Waals surface area contributed by atoms with E-state index < -0.39 is 0 Å². The van der Waals surface area contributed by atoms with E-state index in [1.54, 1.807) is 0 Å². The van der Waals surface area contributed by atoms with Crippen LogP contribution in [0.2, 0.25) is 0 Å². The molecule has 7 heteroatoms. The largest absolute Gasteiger partial charge is 0.394 e. The molecule has 0 aliphatic heterocycles. The maximum atomic E-state index is 8.09. The van der Waals surface area contributed by atoms with Crippen LogP contribution in [0.15, 0.2) is 0 Å². The third-order valence-electron chi connectivity index (χ3n) is 0.471. The van der Waals surface area contributed by atoms with E-state index in [1.807, 2.05) is 0 Å². The second kappa shape index (κ2) is 30.5. The van der Waals surface area contributed by atoms with Crippen molar-refractivity contribution in [1.82, 2.24) is 0 Å². The highest BCUT2D eigenvalue weighted by Gasteiger charge is 1.79. The number of ether oxygens (including phenoxy) is 1. The van der Waals surface area contributed by atoms with Crippen molar-refractivity contribution in [3.05, 3.63) is 0 Å². The van der Waals surface area contributed by atoms with Crippen LogP contribution in [0, 0.1) is 0 Å². The molecule has 0 spiro atoms. The van der Waals surface area contributed by atoms with Gasteiger partial charge in [-0.05, 0) is 0 Å². The highest BCUT2D eigenvalue weighted by atomic mass is 35.5. The topological polar surface area (TPSA) is 49.7 Å². The first-order valence-corrected chi connectivity index (χ1v) is 2.21. The van der Waals surface area contributed by atoms with E-state index in [0.717, 1.165) is 0 Å². The monoisotopic (exact) mass is 250 g/mol. The van der Waals surface area contributed by atoms with Crippen molar-refractivity contribution in [2.24, 2.45) is 0 Å². The lowest BCUT2D eigenvalue weighted by Crippen LogP contribution is -2.03. The van der Waals surface area contributed by atoms with Crippen LogP contribution in [-0.2, 0) is 4.74 Å². The quantitative estimate of drug-likeness (QED) is 0.723. The fraction of sp³-hybridized carbons (Fsp3) is 1.00. The summed E-state index contributed by atoms with van der Waals surface area (Å²) in [5.74, 6) is 0. The summed E-state index contributed by atoms with van der Waals surface area (Å²) in [5, 5.41) is 16.2. The molecule has 0 unspecified atom stereocenters. The summed E-state index contributed by atoms with van der Waals surface area (Å²) in [5.41, 5.74) is 0. The third kappa shape index (κ3) is 35.5. The Bertz CT molecular complexity index is 36.5. The van der Waals surface area contributed by atoms with Gasteiger partial charge in [0.25, 0.3) is 0 Å². The van der Waals surface area contributed by atoms with Gasteiger partial charge in [-0.15, -0.1) is 49.6 Å². The maximum absolute atomic E-state index is 8.09. The number of aliphatic hydroxyl groups is 2. The van der Waals surface area contributed by atoms with Crippen molar-refractivity contribution in [3.63, 3.8) is 0 Å². The fourth-order valence-corrected chi connectivity index (χ4v) is 0.231. The highest BCUT2D eigenvalue weighted by Crippen LogP contribution is 1.68. The smallest absolute Gasteiger partial charge is 0.0698 e. The minimum Gasteiger partial charge on any atom is -0.394 e. The van der Waals surface area contributed by atoms with Crippen molar-refractivity contribution in [2.75, 3.05) is 26.4 Å². The van der Waals surface area contributed by atoms with E-state index >= 15 is 0 Å². The summed E-state index contributed by atoms with van der Waals surface area (Å²) in [7, 11) is 0. The molecule has 0 aromatic heterocycles. The SMILES string of the molecule is Cl.Cl.Cl.Cl.OCCOCCO. The zero-order chi connectivity index (χ0) is 5.54. The summed E-state index contributed by atoms with van der Waals surface area (Å²) >= 11 is 0. The van der Waals surface area contributed by atoms with Crippen LogP contribution >= 0.6 is 49.6 Å². The molecule has 3 nitrogen and oxygen atoms in total. The van der Waals surface area contributed by atoms with E-state index in [9.17, 15) is 0 Å². The number of hydrogen-bond donors (Lipinski definition) is 2. The molecule has 0 saturated carbocycles. The Hall–Kier alpha value is 1.04. The molecule has 0 aromatic carbocycles. The molecule has 0 aliphatic rings. The van der Waals surface area contributed by atoms with E-state index in [1.165, 1.54) is 0 Å². The Morgan fingerprint density at radius 2 is 1.00 bits per heavy atom. The van der Waals surface area contributed by atoms with E-state index in [4.69, 9.17) is 10.2 Å². The maximum Gasteiger partial charge on any atom is 0.0698 e. The summed E-state index contributed by atoms with van der Waals surface area (Å²) < 4.78 is 4.63. The van der Waals surface area contributed by atoms with Crippen LogP contribution in [0.3, 0.4) is 0 Å². The lowest BCUT2D eigenvalue weighted by molar-refractivity contribution is 0.0650. The standard InChI is InChI=1S/C4H10O3.4ClH/c5-1-3-7-4-2-6;;;;/h5-6H,1-4H2;4*1H. The fourth-order valence-electron chi connectivity index (χ4n) is 0.231. The Morgan fingerprint density at radius 1 is 0.727 bits per heavy atom. The third-order valence-corrected chi connectivity index (χ3v) is 0.471. The van der Waals surface area contributed by atoms with Gasteiger partial charge in [0.1, 0.15) is 0 Å². The van der Waals surface area contributed by atoms with Crippen molar-refractivity contribution < 1.29 is 14.9 Å². The Kier molecular flexibility index (Phi) is 82.1. The molecule has 0 bridgehead atoms. The number of rotatable bonds is 4. The molecule has 0 aromatic rings. The van der Waals surface area contributed by atoms with Crippen LogP contribution in [0.1, 0.15) is 0 Å². The zero-order valence-electron chi connectivity index (χ0n) is 5.76. The Labute approximate surface area is 91.1 Å². The normalized spacial score (nSPS) is 6.00. The lowest BCUT2D eigenvalue weighted by atomic mass is 10.7. The minimum absolute atomic E-state index is 0. The molecule has 0 saturated heterocycles. The predicted octanol–water partition coefficient (Wildman–Crippen LogP) is 0.675. The van der Waals surface area contributed by atoms with Crippen molar-refractivity contribution in [1.29, 1.82) is 0 Å². The summed E-state index contributed by atoms with van der Waals surface area (Å²) in [4.78, 5) is 0. The van der Waals surface area contributed by atoms with Gasteiger partial charge in [-0.3, -0.25) is 0 Å². The summed E-state index contributed by atoms with van der Waals surface area (Å²) in [6, 6.07) is 0. The van der Waals surface area contributed by atoms with Gasteiger partial charge in [-0.2, -0.15) is 0 Å². The molecule has 0 heterocycles. The van der Waals surface area contributed by atoms with Crippen LogP contribution in [0.4, 0.5) is 0 Å². The first-order valence-electron chi connectivity index (χ1n) is 2.21. The molecule has 0 atom stereocenters. The lowest BCUT2D eigenvalue weighted by Gasteiger charge is -1.94. The first-order chi connectivity index (χ1) is 3.41. The molecule has 0 fully saturated rings. The second-order valence-electron chi connectivity index (χ2n) is 1.06. The van der Waals surface area contributed by atoms with Gasteiger partial charge >= 0.3 is 0 Å². The number of aliphatic hydroxyl groups excluding tert-OH is 2. The summed E-state index contributed by atoms with van der Waals surface area (Å²) in [6.45, 7) is 0.696. The van der Waals surface area contributed by atoms with Gasteiger partial charge in [-0.25, -0.2) is 0 Å². The van der Waals surface area contributed by atoms with E-state index in [-0.39, 0.29) is 62.8 Å². The van der Waals surface area contributed by atoms with E-state index in [0.29, 0.717) is 13.2 Å². The Morgan fingerprint density at radius 3 is 1.18 bits per heavy atom. The minimum atomic E-state index is 0. The van der Waals surface area contributed by atoms with Crippen molar-refractivity contribution in [3.8, 4) is 0 Å². The van der Waals surface area contributed by atoms with Gasteiger partial charge in [0.15, 0.2) is 0 Å². The van der Waals surface area contributed by atoms with Crippen LogP contribution in [-0.4, -0.2) is 36.6 Å². The average Bonchev–Trinajstić information content (AvgIpc) is 1.69. The highest BCUT2D eigenvalue weighted by molar-refractivity contribution is 5.86. The first kappa shape index (κ1) is 29.6. The Balaban J connectivity index is -0.0000000300. The second-order valence-corrected chi connectivity index (χ2v) is 1.06. The number of hydrogen-bond acceptors (Lipinski definition) is 3. The van der Waals surface area contributed by atoms with Crippen molar-refractivity contribution >= 4 is 49.6 Å². The van der Waals surface area contributed by atoms with Gasteiger partial charge in [-0.1, -0.05) is 0 Å². The number of halogens is 4. The summed E-state index contributed by atoms with van der Waals surface area (Å²) in [6.07, 6.45) is 0.